The molecular formula is C20H28N4O8S. The maximum absolute atomic E-state index is 12.9. The van der Waals surface area contributed by atoms with E-state index in [0.717, 1.165) is 0 Å². The van der Waals surface area contributed by atoms with Crippen molar-refractivity contribution < 1.29 is 39.3 Å². The maximum atomic E-state index is 12.9. The van der Waals surface area contributed by atoms with Crippen molar-refractivity contribution in [2.24, 2.45) is 5.73 Å². The van der Waals surface area contributed by atoms with Crippen molar-refractivity contribution in [1.29, 1.82) is 0 Å². The highest BCUT2D eigenvalue weighted by Gasteiger charge is 2.29. The van der Waals surface area contributed by atoms with Gasteiger partial charge in [-0.3, -0.25) is 19.2 Å². The van der Waals surface area contributed by atoms with E-state index in [9.17, 15) is 24.0 Å². The molecule has 0 fully saturated rings. The maximum Gasteiger partial charge on any atom is 0.328 e. The molecule has 12 nitrogen and oxygen atoms in total. The number of nitrogens with two attached hydrogens (primary N) is 1. The third-order valence-corrected chi connectivity index (χ3v) is 4.90. The zero-order valence-electron chi connectivity index (χ0n) is 17.6. The third kappa shape index (κ3) is 9.89. The SMILES string of the molecule is NC(CCC(=O)O)C(=O)NC(Cc1ccccc1)C(=O)NC(CS)C(=O)NC(CO)C(=O)O. The monoisotopic (exact) mass is 484 g/mol. The summed E-state index contributed by atoms with van der Waals surface area (Å²) in [7, 11) is 0. The Morgan fingerprint density at radius 1 is 0.879 bits per heavy atom. The van der Waals surface area contributed by atoms with Crippen LogP contribution >= 0.6 is 12.6 Å². The van der Waals surface area contributed by atoms with Gasteiger partial charge in [-0.25, -0.2) is 4.79 Å². The summed E-state index contributed by atoms with van der Waals surface area (Å²) in [5.41, 5.74) is 6.41. The second-order valence-electron chi connectivity index (χ2n) is 7.12. The van der Waals surface area contributed by atoms with Gasteiger partial charge in [-0.15, -0.1) is 0 Å². The first-order chi connectivity index (χ1) is 15.6. The first-order valence-electron chi connectivity index (χ1n) is 9.96. The smallest absolute Gasteiger partial charge is 0.328 e. The molecule has 1 aromatic rings. The number of aliphatic carboxylic acids is 2. The molecule has 8 N–H and O–H groups in total. The van der Waals surface area contributed by atoms with Crippen molar-refractivity contribution in [3.05, 3.63) is 35.9 Å². The largest absolute Gasteiger partial charge is 0.481 e. The van der Waals surface area contributed by atoms with Gasteiger partial charge in [0.2, 0.25) is 17.7 Å². The van der Waals surface area contributed by atoms with E-state index in [1.165, 1.54) is 0 Å². The van der Waals surface area contributed by atoms with Crippen molar-refractivity contribution in [2.75, 3.05) is 12.4 Å². The Kier molecular flexibility index (Phi) is 11.9. The van der Waals surface area contributed by atoms with Gasteiger partial charge >= 0.3 is 11.9 Å². The van der Waals surface area contributed by atoms with Crippen LogP contribution in [0.4, 0.5) is 0 Å². The van der Waals surface area contributed by atoms with Gasteiger partial charge in [0, 0.05) is 18.6 Å². The number of aliphatic hydroxyl groups is 1. The van der Waals surface area contributed by atoms with Crippen LogP contribution in [-0.2, 0) is 30.4 Å². The Balaban J connectivity index is 2.95. The van der Waals surface area contributed by atoms with Gasteiger partial charge < -0.3 is 37.0 Å². The number of benzene rings is 1. The lowest BCUT2D eigenvalue weighted by atomic mass is 10.0. The van der Waals surface area contributed by atoms with E-state index in [4.69, 9.17) is 21.1 Å². The summed E-state index contributed by atoms with van der Waals surface area (Å²) in [4.78, 5) is 59.4. The minimum atomic E-state index is -1.57. The van der Waals surface area contributed by atoms with Crippen LogP contribution in [0, 0.1) is 0 Å². The Bertz CT molecular complexity index is 839. The first-order valence-corrected chi connectivity index (χ1v) is 10.6. The summed E-state index contributed by atoms with van der Waals surface area (Å²) in [5.74, 6) is -5.17. The average molecular weight is 485 g/mol. The Morgan fingerprint density at radius 2 is 1.42 bits per heavy atom. The van der Waals surface area contributed by atoms with Gasteiger partial charge in [-0.05, 0) is 12.0 Å². The molecule has 0 radical (unpaired) electrons. The number of hydrogen-bond acceptors (Lipinski definition) is 8. The molecule has 0 saturated carbocycles. The number of carboxylic acid groups (broad SMARTS) is 2. The van der Waals surface area contributed by atoms with Crippen molar-refractivity contribution in [1.82, 2.24) is 16.0 Å². The molecule has 0 heterocycles. The molecule has 3 amide bonds. The highest BCUT2D eigenvalue weighted by Crippen LogP contribution is 2.06. The first kappa shape index (κ1) is 27.9. The molecule has 0 aliphatic rings. The molecule has 4 unspecified atom stereocenters. The number of nitrogens with one attached hydrogen (secondary N) is 3. The zero-order valence-corrected chi connectivity index (χ0v) is 18.5. The van der Waals surface area contributed by atoms with E-state index < -0.39 is 60.4 Å². The molecule has 0 aliphatic carbocycles. The summed E-state index contributed by atoms with van der Waals surface area (Å²) >= 11 is 4.00. The highest BCUT2D eigenvalue weighted by molar-refractivity contribution is 7.80. The molecule has 0 aromatic heterocycles. The number of carbonyl (C=O) groups excluding carboxylic acids is 3. The number of rotatable bonds is 14. The second-order valence-corrected chi connectivity index (χ2v) is 7.48. The Hall–Kier alpha value is -3.16. The lowest BCUT2D eigenvalue weighted by molar-refractivity contribution is -0.143. The van der Waals surface area contributed by atoms with Crippen LogP contribution in [0.15, 0.2) is 30.3 Å². The van der Waals surface area contributed by atoms with E-state index in [1.807, 2.05) is 0 Å². The van der Waals surface area contributed by atoms with Crippen LogP contribution in [-0.4, -0.2) is 81.5 Å². The van der Waals surface area contributed by atoms with Crippen LogP contribution in [0.3, 0.4) is 0 Å². The van der Waals surface area contributed by atoms with Crippen LogP contribution in [0.25, 0.3) is 0 Å². The molecule has 1 rings (SSSR count). The van der Waals surface area contributed by atoms with E-state index >= 15 is 0 Å². The second kappa shape index (κ2) is 14.1. The van der Waals surface area contributed by atoms with Crippen molar-refractivity contribution >= 4 is 42.3 Å². The summed E-state index contributed by atoms with van der Waals surface area (Å²) in [6, 6.07) is 3.51. The predicted molar refractivity (Wildman–Crippen MR) is 119 cm³/mol. The van der Waals surface area contributed by atoms with Gasteiger partial charge in [0.15, 0.2) is 0 Å². The van der Waals surface area contributed by atoms with Crippen molar-refractivity contribution in [3.63, 3.8) is 0 Å². The molecule has 4 atom stereocenters. The van der Waals surface area contributed by atoms with E-state index in [1.54, 1.807) is 30.3 Å². The average Bonchev–Trinajstić information content (AvgIpc) is 2.78. The lowest BCUT2D eigenvalue weighted by Gasteiger charge is -2.24. The fourth-order valence-corrected chi connectivity index (χ4v) is 2.93. The number of aliphatic hydroxyl groups excluding tert-OH is 1. The van der Waals surface area contributed by atoms with Gasteiger partial charge in [0.05, 0.1) is 12.6 Å². The Morgan fingerprint density at radius 3 is 1.94 bits per heavy atom. The minimum absolute atomic E-state index is 0.0410. The van der Waals surface area contributed by atoms with E-state index in [0.29, 0.717) is 5.56 Å². The molecule has 0 saturated heterocycles. The zero-order chi connectivity index (χ0) is 25.0. The van der Waals surface area contributed by atoms with Crippen molar-refractivity contribution in [2.45, 2.75) is 43.4 Å². The fourth-order valence-electron chi connectivity index (χ4n) is 2.67. The van der Waals surface area contributed by atoms with Gasteiger partial charge in [0.25, 0.3) is 0 Å². The molecule has 0 bridgehead atoms. The summed E-state index contributed by atoms with van der Waals surface area (Å²) in [5, 5.41) is 33.7. The van der Waals surface area contributed by atoms with Gasteiger partial charge in [-0.1, -0.05) is 30.3 Å². The van der Waals surface area contributed by atoms with Crippen LogP contribution in [0.1, 0.15) is 18.4 Å². The number of amides is 3. The summed E-state index contributed by atoms with van der Waals surface area (Å²) in [6.07, 6.45) is -0.429. The number of thiol groups is 1. The van der Waals surface area contributed by atoms with E-state index in [2.05, 4.69) is 28.6 Å². The number of carbonyl (C=O) groups is 5. The summed E-state index contributed by atoms with van der Waals surface area (Å²) in [6.45, 7) is -0.852. The Labute approximate surface area is 195 Å². The number of hydrogen-bond donors (Lipinski definition) is 8. The van der Waals surface area contributed by atoms with E-state index in [-0.39, 0.29) is 25.0 Å². The molecular weight excluding hydrogens is 456 g/mol. The normalized spacial score (nSPS) is 14.3. The molecule has 182 valence electrons. The summed E-state index contributed by atoms with van der Waals surface area (Å²) < 4.78 is 0. The standard InChI is InChI=1S/C20H28N4O8S/c21-12(6-7-16(26)27)17(28)22-13(8-11-4-2-1-3-5-11)18(29)24-15(10-33)19(30)23-14(9-25)20(31)32/h1-5,12-15,25,33H,6-10,21H2,(H,22,28)(H,23,30)(H,24,29)(H,26,27)(H,31,32). The molecule has 0 spiro atoms. The molecule has 1 aromatic carbocycles. The minimum Gasteiger partial charge on any atom is -0.481 e. The van der Waals surface area contributed by atoms with Crippen LogP contribution < -0.4 is 21.7 Å². The van der Waals surface area contributed by atoms with Crippen LogP contribution in [0.5, 0.6) is 0 Å². The quantitative estimate of drug-likeness (QED) is 0.136. The third-order valence-electron chi connectivity index (χ3n) is 4.53. The van der Waals surface area contributed by atoms with Gasteiger partial charge in [-0.2, -0.15) is 12.6 Å². The van der Waals surface area contributed by atoms with Crippen LogP contribution in [0.2, 0.25) is 0 Å². The topological polar surface area (TPSA) is 208 Å². The molecule has 0 aliphatic heterocycles. The van der Waals surface area contributed by atoms with Gasteiger partial charge in [0.1, 0.15) is 18.1 Å². The molecule has 13 heteroatoms. The predicted octanol–water partition coefficient (Wildman–Crippen LogP) is -2.12. The fraction of sp³-hybridized carbons (Fsp3) is 0.450. The lowest BCUT2D eigenvalue weighted by Crippen LogP contribution is -2.58. The molecule has 33 heavy (non-hydrogen) atoms. The highest BCUT2D eigenvalue weighted by atomic mass is 32.1. The van der Waals surface area contributed by atoms with Crippen molar-refractivity contribution in [3.8, 4) is 0 Å². The number of carboxylic acids is 2.